The summed E-state index contributed by atoms with van der Waals surface area (Å²) in [6, 6.07) is 0. The summed E-state index contributed by atoms with van der Waals surface area (Å²) in [5.74, 6) is 0.740. The lowest BCUT2D eigenvalue weighted by Crippen LogP contribution is -1.99. The van der Waals surface area contributed by atoms with Gasteiger partial charge in [-0.2, -0.15) is 0 Å². The zero-order valence-corrected chi connectivity index (χ0v) is 10.3. The molecule has 76 valence electrons. The van der Waals surface area contributed by atoms with Crippen LogP contribution in [0.5, 0.6) is 0 Å². The highest BCUT2D eigenvalue weighted by Crippen LogP contribution is 2.18. The molecular weight excluding hydrogens is 224 g/mol. The summed E-state index contributed by atoms with van der Waals surface area (Å²) < 4.78 is 5.55. The minimum absolute atomic E-state index is 0.175. The molecule has 0 unspecified atom stereocenters. The summed E-state index contributed by atoms with van der Waals surface area (Å²) in [6.45, 7) is 4.05. The zero-order chi connectivity index (χ0) is 10.1. The van der Waals surface area contributed by atoms with Crippen LogP contribution in [0.2, 0.25) is 0 Å². The molecule has 13 heavy (non-hydrogen) atoms. The number of thiocarbonyl (C=S) groups is 1. The number of hydrogen-bond acceptors (Lipinski definition) is 5. The van der Waals surface area contributed by atoms with Crippen LogP contribution in [0.15, 0.2) is 0 Å². The maximum atomic E-state index is 11.0. The van der Waals surface area contributed by atoms with E-state index in [9.17, 15) is 4.79 Å². The number of hydrogen-bond donors (Lipinski definition) is 0. The lowest BCUT2D eigenvalue weighted by molar-refractivity contribution is -0.133. The van der Waals surface area contributed by atoms with Gasteiger partial charge in [0.05, 0.1) is 0 Å². The van der Waals surface area contributed by atoms with Crippen molar-refractivity contribution >= 4 is 45.5 Å². The predicted molar refractivity (Wildman–Crippen MR) is 63.9 cm³/mol. The Morgan fingerprint density at radius 1 is 1.46 bits per heavy atom. The van der Waals surface area contributed by atoms with Crippen LogP contribution >= 0.6 is 36.0 Å². The third-order valence-electron chi connectivity index (χ3n) is 1.20. The Labute approximate surface area is 93.4 Å². The van der Waals surface area contributed by atoms with Crippen LogP contribution in [0.1, 0.15) is 33.1 Å². The number of thioether (sulfide) groups is 1. The molecule has 0 atom stereocenters. The van der Waals surface area contributed by atoms with Gasteiger partial charge in [-0.15, -0.1) is 11.8 Å². The van der Waals surface area contributed by atoms with Gasteiger partial charge < -0.3 is 4.18 Å². The molecular formula is C8H14O2S3. The first-order valence-corrected chi connectivity index (χ1v) is 6.38. The molecule has 0 aromatic heterocycles. The second-order valence-electron chi connectivity index (χ2n) is 2.33. The van der Waals surface area contributed by atoms with E-state index in [-0.39, 0.29) is 5.97 Å². The predicted octanol–water partition coefficient (Wildman–Crippen LogP) is 3.41. The maximum absolute atomic E-state index is 11.0. The number of carbonyl (C=O) groups excluding carboxylic acids is 1. The van der Waals surface area contributed by atoms with Crippen LogP contribution in [0, 0.1) is 0 Å². The first kappa shape index (κ1) is 13.3. The molecule has 0 saturated carbocycles. The lowest BCUT2D eigenvalue weighted by Gasteiger charge is -2.01. The first-order valence-electron chi connectivity index (χ1n) is 4.24. The molecule has 0 spiro atoms. The largest absolute Gasteiger partial charge is 0.385 e. The second kappa shape index (κ2) is 8.84. The summed E-state index contributed by atoms with van der Waals surface area (Å²) >= 11 is 7.45. The Bertz CT molecular complexity index is 171. The molecule has 0 aliphatic heterocycles. The monoisotopic (exact) mass is 238 g/mol. The van der Waals surface area contributed by atoms with Crippen LogP contribution in [-0.4, -0.2) is 15.3 Å². The van der Waals surface area contributed by atoms with Crippen molar-refractivity contribution in [1.82, 2.24) is 0 Å². The van der Waals surface area contributed by atoms with Crippen LogP contribution in [0.4, 0.5) is 0 Å². The third-order valence-corrected chi connectivity index (χ3v) is 3.24. The normalized spacial score (nSPS) is 9.69. The molecule has 5 heteroatoms. The van der Waals surface area contributed by atoms with Crippen molar-refractivity contribution in [2.24, 2.45) is 0 Å². The average Bonchev–Trinajstić information content (AvgIpc) is 2.12. The van der Waals surface area contributed by atoms with E-state index in [1.807, 2.05) is 13.8 Å². The van der Waals surface area contributed by atoms with Crippen LogP contribution in [0.25, 0.3) is 0 Å². The lowest BCUT2D eigenvalue weighted by atomic mass is 10.3. The van der Waals surface area contributed by atoms with Gasteiger partial charge in [-0.25, -0.2) is 0 Å². The number of rotatable bonds is 4. The number of unbranched alkanes of at least 4 members (excludes halogenated alkanes) is 1. The Balaban J connectivity index is 3.40. The van der Waals surface area contributed by atoms with E-state index in [4.69, 9.17) is 16.4 Å². The fourth-order valence-electron chi connectivity index (χ4n) is 0.585. The Kier molecular flexibility index (Phi) is 9.02. The molecule has 0 fully saturated rings. The topological polar surface area (TPSA) is 26.3 Å². The van der Waals surface area contributed by atoms with E-state index in [1.54, 1.807) is 0 Å². The van der Waals surface area contributed by atoms with Gasteiger partial charge in [0.2, 0.25) is 0 Å². The van der Waals surface area contributed by atoms with Gasteiger partial charge in [0.1, 0.15) is 15.6 Å². The highest BCUT2D eigenvalue weighted by Gasteiger charge is 2.05. The van der Waals surface area contributed by atoms with Crippen LogP contribution < -0.4 is 0 Å². The van der Waals surface area contributed by atoms with Gasteiger partial charge in [0.15, 0.2) is 0 Å². The van der Waals surface area contributed by atoms with Crippen molar-refractivity contribution in [2.75, 3.05) is 5.75 Å². The van der Waals surface area contributed by atoms with Gasteiger partial charge in [-0.05, 0) is 12.2 Å². The van der Waals surface area contributed by atoms with E-state index in [0.29, 0.717) is 9.95 Å². The number of carbonyl (C=O) groups is 1. The highest BCUT2D eigenvalue weighted by molar-refractivity contribution is 8.45. The molecule has 0 aliphatic carbocycles. The van der Waals surface area contributed by atoms with Gasteiger partial charge >= 0.3 is 5.97 Å². The molecule has 0 N–H and O–H groups in total. The van der Waals surface area contributed by atoms with E-state index < -0.39 is 0 Å². The molecule has 0 bridgehead atoms. The molecule has 0 amide bonds. The van der Waals surface area contributed by atoms with Crippen molar-refractivity contribution in [3.05, 3.63) is 0 Å². The molecule has 0 aromatic rings. The molecule has 0 saturated heterocycles. The minimum atomic E-state index is -0.175. The van der Waals surface area contributed by atoms with E-state index >= 15 is 0 Å². The van der Waals surface area contributed by atoms with E-state index in [0.717, 1.165) is 30.6 Å². The fourth-order valence-corrected chi connectivity index (χ4v) is 2.17. The Morgan fingerprint density at radius 3 is 2.69 bits per heavy atom. The molecule has 0 heterocycles. The average molecular weight is 238 g/mol. The molecule has 0 rings (SSSR count). The minimum Gasteiger partial charge on any atom is -0.385 e. The summed E-state index contributed by atoms with van der Waals surface area (Å²) in [5.41, 5.74) is 0. The van der Waals surface area contributed by atoms with Gasteiger partial charge in [0.25, 0.3) is 0 Å². The third kappa shape index (κ3) is 8.59. The van der Waals surface area contributed by atoms with Crippen molar-refractivity contribution in [3.63, 3.8) is 0 Å². The summed E-state index contributed by atoms with van der Waals surface area (Å²) in [4.78, 5) is 11.0. The van der Waals surface area contributed by atoms with Crippen molar-refractivity contribution in [2.45, 2.75) is 33.1 Å². The standard InChI is InChI=1S/C8H14O2S3/c1-3-5-6-7(9)10-13-8(11)12-4-2/h3-6H2,1-2H3. The van der Waals surface area contributed by atoms with E-state index in [2.05, 4.69) is 0 Å². The van der Waals surface area contributed by atoms with Gasteiger partial charge in [0, 0.05) is 6.42 Å². The first-order chi connectivity index (χ1) is 6.20. The van der Waals surface area contributed by atoms with Crippen LogP contribution in [0.3, 0.4) is 0 Å². The van der Waals surface area contributed by atoms with Crippen LogP contribution in [-0.2, 0) is 8.98 Å². The van der Waals surface area contributed by atoms with Gasteiger partial charge in [-0.1, -0.05) is 32.5 Å². The van der Waals surface area contributed by atoms with Crippen molar-refractivity contribution in [1.29, 1.82) is 0 Å². The summed E-state index contributed by atoms with van der Waals surface area (Å²) in [5, 5.41) is 0. The van der Waals surface area contributed by atoms with E-state index in [1.165, 1.54) is 11.8 Å². The smallest absolute Gasteiger partial charge is 0.318 e. The Hall–Kier alpha value is 0.260. The summed E-state index contributed by atoms with van der Waals surface area (Å²) in [6.07, 6.45) is 2.38. The fraction of sp³-hybridized carbons (Fsp3) is 0.750. The summed E-state index contributed by atoms with van der Waals surface area (Å²) in [7, 11) is 0. The van der Waals surface area contributed by atoms with Crippen molar-refractivity contribution < 1.29 is 8.98 Å². The molecule has 2 nitrogen and oxygen atoms in total. The molecule has 0 aromatic carbocycles. The molecule has 0 aliphatic rings. The zero-order valence-electron chi connectivity index (χ0n) is 7.87. The highest BCUT2D eigenvalue weighted by atomic mass is 32.2. The van der Waals surface area contributed by atoms with Gasteiger partial charge in [-0.3, -0.25) is 4.79 Å². The quantitative estimate of drug-likeness (QED) is 0.552. The molecule has 0 radical (unpaired) electrons. The Morgan fingerprint density at radius 2 is 2.15 bits per heavy atom. The second-order valence-corrected chi connectivity index (χ2v) is 5.52. The SMILES string of the molecule is CCCCC(=O)OSC(=S)SCC. The van der Waals surface area contributed by atoms with Crippen molar-refractivity contribution in [3.8, 4) is 0 Å². The maximum Gasteiger partial charge on any atom is 0.318 e.